The van der Waals surface area contributed by atoms with Gasteiger partial charge in [0.1, 0.15) is 0 Å². The summed E-state index contributed by atoms with van der Waals surface area (Å²) in [6.07, 6.45) is 4.09. The minimum Gasteiger partial charge on any atom is -0.364 e. The molecule has 1 aliphatic rings. The van der Waals surface area contributed by atoms with Gasteiger partial charge in [0.05, 0.1) is 17.5 Å². The van der Waals surface area contributed by atoms with Gasteiger partial charge in [0.15, 0.2) is 0 Å². The lowest BCUT2D eigenvalue weighted by Gasteiger charge is -2.03. The number of H-pyrrole nitrogens is 2. The van der Waals surface area contributed by atoms with E-state index < -0.39 is 0 Å². The molecule has 0 aromatic carbocycles. The molecule has 4 nitrogen and oxygen atoms in total. The third-order valence-electron chi connectivity index (χ3n) is 2.11. The number of fused-ring (bicyclic) bond motifs is 1. The molecule has 0 fully saturated rings. The SMILES string of the molecule is Cc1cc[nH][nH]cc2c1NC(C)N2. The van der Waals surface area contributed by atoms with Crippen molar-refractivity contribution < 1.29 is 0 Å². The fourth-order valence-corrected chi connectivity index (χ4v) is 1.49. The van der Waals surface area contributed by atoms with Crippen LogP contribution in [-0.2, 0) is 0 Å². The average Bonchev–Trinajstić information content (AvgIpc) is 2.43. The lowest BCUT2D eigenvalue weighted by atomic mass is 10.2. The van der Waals surface area contributed by atoms with Gasteiger partial charge in [-0.2, -0.15) is 0 Å². The average molecular weight is 178 g/mol. The minimum atomic E-state index is 0.296. The van der Waals surface area contributed by atoms with Crippen LogP contribution in [0.1, 0.15) is 12.5 Å². The lowest BCUT2D eigenvalue weighted by Crippen LogP contribution is -2.16. The highest BCUT2D eigenvalue weighted by Crippen LogP contribution is 2.28. The molecule has 0 amide bonds. The largest absolute Gasteiger partial charge is 0.364 e. The highest BCUT2D eigenvalue weighted by atomic mass is 15.2. The first kappa shape index (κ1) is 8.04. The lowest BCUT2D eigenvalue weighted by molar-refractivity contribution is 0.952. The Morgan fingerprint density at radius 3 is 2.92 bits per heavy atom. The van der Waals surface area contributed by atoms with E-state index in [1.54, 1.807) is 0 Å². The third-order valence-corrected chi connectivity index (χ3v) is 2.11. The molecular weight excluding hydrogens is 164 g/mol. The molecule has 1 unspecified atom stereocenters. The molecule has 13 heavy (non-hydrogen) atoms. The van der Waals surface area contributed by atoms with E-state index in [0.717, 1.165) is 11.4 Å². The van der Waals surface area contributed by atoms with Crippen molar-refractivity contribution in [2.75, 3.05) is 10.6 Å². The van der Waals surface area contributed by atoms with Crippen LogP contribution >= 0.6 is 0 Å². The Kier molecular flexibility index (Phi) is 1.88. The van der Waals surface area contributed by atoms with Crippen molar-refractivity contribution in [3.63, 3.8) is 0 Å². The molecule has 0 aliphatic carbocycles. The summed E-state index contributed by atoms with van der Waals surface area (Å²) in [6, 6.07) is 2.03. The quantitative estimate of drug-likeness (QED) is 0.491. The minimum absolute atomic E-state index is 0.296. The predicted octanol–water partition coefficient (Wildman–Crippen LogP) is 1.96. The number of aryl methyl sites for hydroxylation is 1. The second-order valence-electron chi connectivity index (χ2n) is 3.25. The van der Waals surface area contributed by atoms with Crippen LogP contribution in [0.2, 0.25) is 0 Å². The number of anilines is 2. The normalized spacial score (nSPS) is 18.5. The van der Waals surface area contributed by atoms with E-state index in [-0.39, 0.29) is 0 Å². The summed E-state index contributed by atoms with van der Waals surface area (Å²) in [5, 5.41) is 12.6. The van der Waals surface area contributed by atoms with Crippen LogP contribution in [0, 0.1) is 6.92 Å². The van der Waals surface area contributed by atoms with Gasteiger partial charge in [-0.25, -0.2) is 0 Å². The van der Waals surface area contributed by atoms with E-state index in [1.807, 2.05) is 18.5 Å². The topological polar surface area (TPSA) is 55.6 Å². The van der Waals surface area contributed by atoms with Gasteiger partial charge in [0.2, 0.25) is 0 Å². The smallest absolute Gasteiger partial charge is 0.0936 e. The van der Waals surface area contributed by atoms with Crippen LogP contribution in [-0.4, -0.2) is 16.4 Å². The highest BCUT2D eigenvalue weighted by molar-refractivity contribution is 5.75. The van der Waals surface area contributed by atoms with Crippen molar-refractivity contribution in [1.29, 1.82) is 0 Å². The first-order valence-electron chi connectivity index (χ1n) is 4.39. The van der Waals surface area contributed by atoms with Crippen molar-refractivity contribution in [2.45, 2.75) is 20.0 Å². The van der Waals surface area contributed by atoms with Gasteiger partial charge < -0.3 is 20.8 Å². The third kappa shape index (κ3) is 1.47. The second-order valence-corrected chi connectivity index (χ2v) is 3.25. The Bertz CT molecular complexity index is 349. The molecule has 0 radical (unpaired) electrons. The van der Waals surface area contributed by atoms with Crippen molar-refractivity contribution in [1.82, 2.24) is 10.2 Å². The predicted molar refractivity (Wildman–Crippen MR) is 54.2 cm³/mol. The molecule has 70 valence electrons. The molecule has 2 rings (SSSR count). The first-order chi connectivity index (χ1) is 6.27. The molecule has 1 aliphatic heterocycles. The molecule has 0 spiro atoms. The fraction of sp³-hybridized carbons (Fsp3) is 0.333. The van der Waals surface area contributed by atoms with E-state index in [9.17, 15) is 0 Å². The highest BCUT2D eigenvalue weighted by Gasteiger charge is 2.15. The zero-order valence-electron chi connectivity index (χ0n) is 7.81. The van der Waals surface area contributed by atoms with Crippen molar-refractivity contribution >= 4 is 11.4 Å². The van der Waals surface area contributed by atoms with Crippen LogP contribution in [0.25, 0.3) is 0 Å². The summed E-state index contributed by atoms with van der Waals surface area (Å²) in [6.45, 7) is 4.17. The van der Waals surface area contributed by atoms with Gasteiger partial charge in [-0.15, -0.1) is 0 Å². The molecule has 1 aromatic rings. The van der Waals surface area contributed by atoms with Crippen molar-refractivity contribution in [2.24, 2.45) is 0 Å². The molecule has 1 aromatic heterocycles. The van der Waals surface area contributed by atoms with Gasteiger partial charge in [-0.1, -0.05) is 0 Å². The van der Waals surface area contributed by atoms with Gasteiger partial charge in [0.25, 0.3) is 0 Å². The molecule has 0 saturated carbocycles. The number of rotatable bonds is 0. The van der Waals surface area contributed by atoms with Crippen LogP contribution < -0.4 is 10.6 Å². The Labute approximate surface area is 77.0 Å². The standard InChI is InChI=1S/C9H14N4/c1-6-3-4-10-11-5-8-9(6)13-7(2)12-8/h3-5,7,10-13H,1-2H3. The van der Waals surface area contributed by atoms with E-state index in [4.69, 9.17) is 0 Å². The van der Waals surface area contributed by atoms with Gasteiger partial charge >= 0.3 is 0 Å². The Morgan fingerprint density at radius 1 is 1.23 bits per heavy atom. The second kappa shape index (κ2) is 3.05. The molecule has 0 saturated heterocycles. The molecule has 2 heterocycles. The zero-order valence-corrected chi connectivity index (χ0v) is 7.81. The summed E-state index contributed by atoms with van der Waals surface area (Å²) in [4.78, 5) is 0. The maximum atomic E-state index is 3.35. The fourth-order valence-electron chi connectivity index (χ4n) is 1.49. The number of nitrogens with one attached hydrogen (secondary N) is 4. The summed E-state index contributed by atoms with van der Waals surface area (Å²) < 4.78 is 0. The Hall–Kier alpha value is -1.58. The molecule has 4 N–H and O–H groups in total. The zero-order chi connectivity index (χ0) is 9.26. The number of aromatic nitrogens is 2. The Balaban J connectivity index is 2.57. The molecule has 1 atom stereocenters. The summed E-state index contributed by atoms with van der Waals surface area (Å²) in [5.74, 6) is 0. The van der Waals surface area contributed by atoms with Crippen LogP contribution in [0.3, 0.4) is 0 Å². The van der Waals surface area contributed by atoms with Crippen LogP contribution in [0.5, 0.6) is 0 Å². The summed E-state index contributed by atoms with van der Waals surface area (Å²) in [5.41, 5.74) is 3.48. The first-order valence-corrected chi connectivity index (χ1v) is 4.39. The van der Waals surface area contributed by atoms with Gasteiger partial charge in [0, 0.05) is 12.4 Å². The Morgan fingerprint density at radius 2 is 2.08 bits per heavy atom. The monoisotopic (exact) mass is 178 g/mol. The maximum absolute atomic E-state index is 3.35. The molecule has 4 heteroatoms. The van der Waals surface area contributed by atoms with E-state index in [0.29, 0.717) is 6.17 Å². The van der Waals surface area contributed by atoms with Crippen LogP contribution in [0.4, 0.5) is 11.4 Å². The van der Waals surface area contributed by atoms with E-state index >= 15 is 0 Å². The maximum Gasteiger partial charge on any atom is 0.0936 e. The molecule has 0 bridgehead atoms. The van der Waals surface area contributed by atoms with E-state index in [1.165, 1.54) is 5.56 Å². The number of hydrogen-bond acceptors (Lipinski definition) is 2. The van der Waals surface area contributed by atoms with Crippen molar-refractivity contribution in [3.05, 3.63) is 24.0 Å². The summed E-state index contributed by atoms with van der Waals surface area (Å²) >= 11 is 0. The van der Waals surface area contributed by atoms with Crippen molar-refractivity contribution in [3.8, 4) is 0 Å². The number of hydrogen-bond donors (Lipinski definition) is 4. The van der Waals surface area contributed by atoms with E-state index in [2.05, 4.69) is 34.7 Å². The van der Waals surface area contributed by atoms with Crippen LogP contribution in [0.15, 0.2) is 18.5 Å². The summed E-state index contributed by atoms with van der Waals surface area (Å²) in [7, 11) is 0. The van der Waals surface area contributed by atoms with Gasteiger partial charge in [-0.3, -0.25) is 0 Å². The number of aromatic amines is 2. The van der Waals surface area contributed by atoms with Gasteiger partial charge in [-0.05, 0) is 25.5 Å². The molecular formula is C9H14N4.